The second-order valence-corrected chi connectivity index (χ2v) is 3.98. The van der Waals surface area contributed by atoms with Gasteiger partial charge < -0.3 is 14.6 Å². The van der Waals surface area contributed by atoms with E-state index in [0.29, 0.717) is 24.2 Å². The Kier molecular flexibility index (Phi) is 4.03. The van der Waals surface area contributed by atoms with Crippen LogP contribution in [0.1, 0.15) is 15.9 Å². The number of phenolic OH excluding ortho intramolecular Hbond substituents is 1. The number of hydrogen-bond acceptors (Lipinski definition) is 4. The Labute approximate surface area is 111 Å². The van der Waals surface area contributed by atoms with Gasteiger partial charge in [0.2, 0.25) is 0 Å². The quantitative estimate of drug-likeness (QED) is 0.838. The van der Waals surface area contributed by atoms with Crippen molar-refractivity contribution in [1.29, 1.82) is 0 Å². The van der Waals surface area contributed by atoms with E-state index in [1.807, 2.05) is 24.3 Å². The average molecular weight is 258 g/mol. The molecule has 0 aliphatic rings. The molecule has 0 amide bonds. The van der Waals surface area contributed by atoms with Gasteiger partial charge in [0.1, 0.15) is 18.6 Å². The topological polar surface area (TPSA) is 55.8 Å². The Bertz CT molecular complexity index is 561. The van der Waals surface area contributed by atoms with Crippen molar-refractivity contribution in [2.45, 2.75) is 6.61 Å². The predicted molar refractivity (Wildman–Crippen MR) is 70.8 cm³/mol. The van der Waals surface area contributed by atoms with Gasteiger partial charge in [-0.2, -0.15) is 0 Å². The molecule has 0 heterocycles. The van der Waals surface area contributed by atoms with Crippen LogP contribution in [0.15, 0.2) is 42.5 Å². The Morgan fingerprint density at radius 2 is 1.89 bits per heavy atom. The molecule has 0 unspecified atom stereocenters. The summed E-state index contributed by atoms with van der Waals surface area (Å²) in [5.41, 5.74) is 1.37. The lowest BCUT2D eigenvalue weighted by Crippen LogP contribution is -1.96. The molecule has 98 valence electrons. The molecule has 0 radical (unpaired) electrons. The van der Waals surface area contributed by atoms with Gasteiger partial charge in [0, 0.05) is 5.56 Å². The smallest absolute Gasteiger partial charge is 0.161 e. The van der Waals surface area contributed by atoms with E-state index in [-0.39, 0.29) is 5.75 Å². The highest BCUT2D eigenvalue weighted by Crippen LogP contribution is 2.27. The fourth-order valence-corrected chi connectivity index (χ4v) is 1.61. The van der Waals surface area contributed by atoms with Crippen molar-refractivity contribution in [2.24, 2.45) is 0 Å². The zero-order valence-corrected chi connectivity index (χ0v) is 10.5. The molecule has 0 spiro atoms. The number of aromatic hydroxyl groups is 1. The molecule has 0 aromatic heterocycles. The minimum atomic E-state index is -0.0434. The van der Waals surface area contributed by atoms with Crippen LogP contribution < -0.4 is 9.47 Å². The Morgan fingerprint density at radius 3 is 2.47 bits per heavy atom. The third-order valence-electron chi connectivity index (χ3n) is 2.67. The average Bonchev–Trinajstić information content (AvgIpc) is 2.46. The monoisotopic (exact) mass is 258 g/mol. The Balaban J connectivity index is 2.03. The fourth-order valence-electron chi connectivity index (χ4n) is 1.61. The Morgan fingerprint density at radius 1 is 1.16 bits per heavy atom. The zero-order chi connectivity index (χ0) is 13.7. The van der Waals surface area contributed by atoms with Crippen LogP contribution in [0.25, 0.3) is 0 Å². The molecular weight excluding hydrogens is 244 g/mol. The highest BCUT2D eigenvalue weighted by Gasteiger charge is 2.04. The van der Waals surface area contributed by atoms with Crippen LogP contribution in [-0.2, 0) is 6.61 Å². The molecule has 19 heavy (non-hydrogen) atoms. The molecule has 4 nitrogen and oxygen atoms in total. The maximum Gasteiger partial charge on any atom is 0.161 e. The van der Waals surface area contributed by atoms with Gasteiger partial charge in [0.25, 0.3) is 0 Å². The maximum absolute atomic E-state index is 10.5. The van der Waals surface area contributed by atoms with Crippen LogP contribution in [0.4, 0.5) is 0 Å². The summed E-state index contributed by atoms with van der Waals surface area (Å²) in [4.78, 5) is 10.5. The van der Waals surface area contributed by atoms with Gasteiger partial charge in [-0.1, -0.05) is 12.1 Å². The fraction of sp³-hybridized carbons (Fsp3) is 0.133. The van der Waals surface area contributed by atoms with Gasteiger partial charge in [-0.25, -0.2) is 0 Å². The maximum atomic E-state index is 10.5. The predicted octanol–water partition coefficient (Wildman–Crippen LogP) is 2.79. The summed E-state index contributed by atoms with van der Waals surface area (Å²) in [7, 11) is 1.61. The summed E-state index contributed by atoms with van der Waals surface area (Å²) in [5.74, 6) is 1.08. The summed E-state index contributed by atoms with van der Waals surface area (Å²) in [5, 5.41) is 9.68. The SMILES string of the molecule is COc1ccc(COc2ccc(C=O)cc2O)cc1. The molecule has 0 saturated carbocycles. The zero-order valence-electron chi connectivity index (χ0n) is 10.5. The lowest BCUT2D eigenvalue weighted by molar-refractivity contribution is 0.112. The first-order valence-electron chi connectivity index (χ1n) is 5.77. The lowest BCUT2D eigenvalue weighted by Gasteiger charge is -2.09. The van der Waals surface area contributed by atoms with Crippen LogP contribution in [-0.4, -0.2) is 18.5 Å². The van der Waals surface area contributed by atoms with Crippen LogP contribution in [0, 0.1) is 0 Å². The number of benzene rings is 2. The van der Waals surface area contributed by atoms with Gasteiger partial charge in [-0.3, -0.25) is 4.79 Å². The number of hydrogen-bond donors (Lipinski definition) is 1. The standard InChI is InChI=1S/C15H14O4/c1-18-13-5-2-11(3-6-13)10-19-15-7-4-12(9-16)8-14(15)17/h2-9,17H,10H2,1H3. The van der Waals surface area contributed by atoms with Gasteiger partial charge in [0.05, 0.1) is 7.11 Å². The number of carbonyl (C=O) groups excluding carboxylic acids is 1. The van der Waals surface area contributed by atoms with Gasteiger partial charge in [-0.05, 0) is 35.9 Å². The number of rotatable bonds is 5. The molecule has 0 fully saturated rings. The molecule has 1 N–H and O–H groups in total. The van der Waals surface area contributed by atoms with E-state index in [1.165, 1.54) is 6.07 Å². The van der Waals surface area contributed by atoms with Crippen molar-refractivity contribution >= 4 is 6.29 Å². The van der Waals surface area contributed by atoms with Crippen molar-refractivity contribution < 1.29 is 19.4 Å². The number of ether oxygens (including phenoxy) is 2. The molecule has 0 saturated heterocycles. The number of methoxy groups -OCH3 is 1. The van der Waals surface area contributed by atoms with Crippen molar-refractivity contribution in [1.82, 2.24) is 0 Å². The molecule has 0 aliphatic heterocycles. The van der Waals surface area contributed by atoms with E-state index >= 15 is 0 Å². The highest BCUT2D eigenvalue weighted by atomic mass is 16.5. The summed E-state index contributed by atoms with van der Waals surface area (Å²) >= 11 is 0. The number of aldehydes is 1. The molecule has 2 aromatic rings. The molecule has 4 heteroatoms. The summed E-state index contributed by atoms with van der Waals surface area (Å²) in [6.45, 7) is 0.331. The molecule has 0 aliphatic carbocycles. The van der Waals surface area contributed by atoms with Crippen molar-refractivity contribution in [2.75, 3.05) is 7.11 Å². The number of phenols is 1. The first-order chi connectivity index (χ1) is 9.22. The van der Waals surface area contributed by atoms with E-state index < -0.39 is 0 Å². The van der Waals surface area contributed by atoms with E-state index in [0.717, 1.165) is 11.3 Å². The molecule has 2 rings (SSSR count). The van der Waals surface area contributed by atoms with E-state index in [1.54, 1.807) is 19.2 Å². The normalized spacial score (nSPS) is 9.95. The lowest BCUT2D eigenvalue weighted by atomic mass is 10.2. The van der Waals surface area contributed by atoms with E-state index in [2.05, 4.69) is 0 Å². The largest absolute Gasteiger partial charge is 0.504 e. The van der Waals surface area contributed by atoms with Crippen LogP contribution in [0.2, 0.25) is 0 Å². The Hall–Kier alpha value is -2.49. The van der Waals surface area contributed by atoms with Crippen LogP contribution in [0.3, 0.4) is 0 Å². The summed E-state index contributed by atoms with van der Waals surface area (Å²) in [6.07, 6.45) is 0.674. The summed E-state index contributed by atoms with van der Waals surface area (Å²) < 4.78 is 10.6. The first-order valence-corrected chi connectivity index (χ1v) is 5.77. The van der Waals surface area contributed by atoms with Crippen molar-refractivity contribution in [3.63, 3.8) is 0 Å². The molecule has 0 atom stereocenters. The highest BCUT2D eigenvalue weighted by molar-refractivity contribution is 5.76. The third-order valence-corrected chi connectivity index (χ3v) is 2.67. The van der Waals surface area contributed by atoms with E-state index in [4.69, 9.17) is 9.47 Å². The third kappa shape index (κ3) is 3.25. The number of carbonyl (C=O) groups is 1. The molecular formula is C15H14O4. The van der Waals surface area contributed by atoms with Gasteiger partial charge in [-0.15, -0.1) is 0 Å². The van der Waals surface area contributed by atoms with Gasteiger partial charge in [0.15, 0.2) is 11.5 Å². The second kappa shape index (κ2) is 5.91. The summed E-state index contributed by atoms with van der Waals surface area (Å²) in [6, 6.07) is 12.0. The second-order valence-electron chi connectivity index (χ2n) is 3.98. The first kappa shape index (κ1) is 13.0. The van der Waals surface area contributed by atoms with Crippen LogP contribution in [0.5, 0.6) is 17.2 Å². The van der Waals surface area contributed by atoms with Crippen LogP contribution >= 0.6 is 0 Å². The minimum Gasteiger partial charge on any atom is -0.504 e. The van der Waals surface area contributed by atoms with Crippen molar-refractivity contribution in [3.8, 4) is 17.2 Å². The minimum absolute atomic E-state index is 0.0434. The van der Waals surface area contributed by atoms with E-state index in [9.17, 15) is 9.90 Å². The van der Waals surface area contributed by atoms with Crippen molar-refractivity contribution in [3.05, 3.63) is 53.6 Å². The molecule has 0 bridgehead atoms. The molecule has 2 aromatic carbocycles. The van der Waals surface area contributed by atoms with Gasteiger partial charge >= 0.3 is 0 Å².